The molecular formula is C23H22N2O4. The summed E-state index contributed by atoms with van der Waals surface area (Å²) in [4.78, 5) is 27.5. The van der Waals surface area contributed by atoms with Gasteiger partial charge in [-0.2, -0.15) is 5.26 Å². The molecule has 0 fully saturated rings. The minimum atomic E-state index is -0.259. The van der Waals surface area contributed by atoms with E-state index in [1.165, 1.54) is 4.90 Å². The summed E-state index contributed by atoms with van der Waals surface area (Å²) in [6.07, 6.45) is 2.78. The lowest BCUT2D eigenvalue weighted by molar-refractivity contribution is 0.0651. The minimum Gasteiger partial charge on any atom is -0.497 e. The number of imide groups is 1. The number of methoxy groups -OCH3 is 1. The van der Waals surface area contributed by atoms with Gasteiger partial charge in [0.05, 0.1) is 24.3 Å². The Bertz CT molecular complexity index is 1200. The Morgan fingerprint density at radius 2 is 1.79 bits per heavy atom. The number of nitrogens with zero attached hydrogens (tertiary/aromatic N) is 2. The normalized spacial score (nSPS) is 13.4. The first-order valence-corrected chi connectivity index (χ1v) is 9.76. The zero-order valence-electron chi connectivity index (χ0n) is 16.8. The third-order valence-electron chi connectivity index (χ3n) is 5.70. The van der Waals surface area contributed by atoms with E-state index < -0.39 is 0 Å². The van der Waals surface area contributed by atoms with Crippen LogP contribution in [0.15, 0.2) is 22.6 Å². The summed E-state index contributed by atoms with van der Waals surface area (Å²) in [5.74, 6) is 0.190. The smallest absolute Gasteiger partial charge is 0.261 e. The number of carbonyl (C=O) groups excluding carboxylic acids is 2. The molecule has 0 aliphatic carbocycles. The van der Waals surface area contributed by atoms with E-state index in [0.717, 1.165) is 29.2 Å². The quantitative estimate of drug-likeness (QED) is 0.442. The van der Waals surface area contributed by atoms with Crippen molar-refractivity contribution in [3.05, 3.63) is 40.5 Å². The molecule has 148 valence electrons. The number of aryl methyl sites for hydroxylation is 2. The number of carbonyl (C=O) groups is 2. The molecule has 0 spiro atoms. The summed E-state index contributed by atoms with van der Waals surface area (Å²) in [5, 5.41) is 10.4. The van der Waals surface area contributed by atoms with Gasteiger partial charge in [0.2, 0.25) is 0 Å². The van der Waals surface area contributed by atoms with Crippen LogP contribution in [0, 0.1) is 25.2 Å². The van der Waals surface area contributed by atoms with Crippen LogP contribution in [-0.4, -0.2) is 30.4 Å². The highest BCUT2D eigenvalue weighted by Crippen LogP contribution is 2.41. The molecule has 0 unspecified atom stereocenters. The summed E-state index contributed by atoms with van der Waals surface area (Å²) < 4.78 is 11.4. The van der Waals surface area contributed by atoms with Crippen molar-refractivity contribution in [3.63, 3.8) is 0 Å². The highest BCUT2D eigenvalue weighted by molar-refractivity contribution is 6.26. The Morgan fingerprint density at radius 1 is 1.07 bits per heavy atom. The van der Waals surface area contributed by atoms with Crippen molar-refractivity contribution < 1.29 is 18.7 Å². The highest BCUT2D eigenvalue weighted by atomic mass is 16.5. The number of ether oxygens (including phenoxy) is 1. The molecule has 2 amide bonds. The Kier molecular flexibility index (Phi) is 4.75. The lowest BCUT2D eigenvalue weighted by Crippen LogP contribution is -2.30. The van der Waals surface area contributed by atoms with Gasteiger partial charge < -0.3 is 9.15 Å². The van der Waals surface area contributed by atoms with E-state index in [2.05, 4.69) is 6.07 Å². The van der Waals surface area contributed by atoms with Gasteiger partial charge in [-0.15, -0.1) is 0 Å². The van der Waals surface area contributed by atoms with E-state index in [1.807, 2.05) is 32.0 Å². The summed E-state index contributed by atoms with van der Waals surface area (Å²) in [5.41, 5.74) is 3.71. The van der Waals surface area contributed by atoms with Gasteiger partial charge in [0.1, 0.15) is 16.9 Å². The van der Waals surface area contributed by atoms with Crippen molar-refractivity contribution in [2.75, 3.05) is 13.7 Å². The van der Waals surface area contributed by atoms with Crippen LogP contribution in [0.5, 0.6) is 5.75 Å². The number of hydrogen-bond donors (Lipinski definition) is 0. The van der Waals surface area contributed by atoms with E-state index in [0.29, 0.717) is 53.0 Å². The molecule has 0 saturated heterocycles. The Hall–Kier alpha value is -3.33. The van der Waals surface area contributed by atoms with Crippen molar-refractivity contribution >= 4 is 33.8 Å². The first-order chi connectivity index (χ1) is 14.0. The molecule has 4 rings (SSSR count). The number of amides is 2. The molecule has 1 aliphatic rings. The van der Waals surface area contributed by atoms with Crippen LogP contribution in [0.3, 0.4) is 0 Å². The Balaban J connectivity index is 1.78. The lowest BCUT2D eigenvalue weighted by atomic mass is 9.94. The molecule has 3 aromatic rings. The highest BCUT2D eigenvalue weighted by Gasteiger charge is 2.39. The number of furan rings is 1. The summed E-state index contributed by atoms with van der Waals surface area (Å²) >= 11 is 0. The second-order valence-corrected chi connectivity index (χ2v) is 7.40. The molecule has 1 aromatic heterocycles. The average Bonchev–Trinajstić information content (AvgIpc) is 3.22. The number of unbranched alkanes of at least 4 members (excludes halogenated alkanes) is 3. The second kappa shape index (κ2) is 7.25. The molecule has 2 heterocycles. The van der Waals surface area contributed by atoms with Crippen molar-refractivity contribution in [2.24, 2.45) is 0 Å². The molecule has 2 aromatic carbocycles. The molecule has 1 aliphatic heterocycles. The molecule has 0 N–H and O–H groups in total. The fourth-order valence-corrected chi connectivity index (χ4v) is 4.20. The molecule has 6 heteroatoms. The van der Waals surface area contributed by atoms with Gasteiger partial charge in [-0.25, -0.2) is 0 Å². The molecule has 0 radical (unpaired) electrons. The van der Waals surface area contributed by atoms with Crippen LogP contribution in [0.4, 0.5) is 0 Å². The number of rotatable bonds is 6. The maximum atomic E-state index is 13.1. The average molecular weight is 390 g/mol. The van der Waals surface area contributed by atoms with E-state index in [1.54, 1.807) is 7.11 Å². The van der Waals surface area contributed by atoms with Crippen LogP contribution in [-0.2, 0) is 0 Å². The third-order valence-corrected chi connectivity index (χ3v) is 5.70. The zero-order chi connectivity index (χ0) is 20.7. The molecule has 6 nitrogen and oxygen atoms in total. The first-order valence-electron chi connectivity index (χ1n) is 9.76. The SMILES string of the molecule is COc1ccc2c(c1)oc1c(C)c3c(c(C)c12)C(=O)N(CCCCCC#N)C3=O. The van der Waals surface area contributed by atoms with Gasteiger partial charge >= 0.3 is 0 Å². The number of nitriles is 1. The minimum absolute atomic E-state index is 0.240. The molecule has 0 saturated carbocycles. The van der Waals surface area contributed by atoms with Crippen molar-refractivity contribution in [1.82, 2.24) is 4.90 Å². The third kappa shape index (κ3) is 2.85. The van der Waals surface area contributed by atoms with Crippen molar-refractivity contribution in [2.45, 2.75) is 39.5 Å². The van der Waals surface area contributed by atoms with Crippen LogP contribution in [0.2, 0.25) is 0 Å². The van der Waals surface area contributed by atoms with Gasteiger partial charge in [-0.05, 0) is 44.4 Å². The molecule has 29 heavy (non-hydrogen) atoms. The van der Waals surface area contributed by atoms with Crippen LogP contribution in [0.25, 0.3) is 21.9 Å². The summed E-state index contributed by atoms with van der Waals surface area (Å²) in [7, 11) is 1.60. The fourth-order valence-electron chi connectivity index (χ4n) is 4.20. The lowest BCUT2D eigenvalue weighted by Gasteiger charge is -2.13. The molecule has 0 atom stereocenters. The standard InChI is InChI=1S/C23H22N2O4/c1-13-18-16-9-8-15(28-3)12-17(16)29-21(18)14(2)20-19(13)22(26)25(23(20)27)11-7-5-4-6-10-24/h8-9,12H,4-7,11H2,1-3H3. The summed E-state index contributed by atoms with van der Waals surface area (Å²) in [6.45, 7) is 4.08. The van der Waals surface area contributed by atoms with Gasteiger partial charge in [0.25, 0.3) is 11.8 Å². The van der Waals surface area contributed by atoms with E-state index in [9.17, 15) is 9.59 Å². The number of benzene rings is 2. The van der Waals surface area contributed by atoms with Gasteiger partial charge in [-0.1, -0.05) is 6.42 Å². The topological polar surface area (TPSA) is 83.5 Å². The van der Waals surface area contributed by atoms with Crippen molar-refractivity contribution in [1.29, 1.82) is 5.26 Å². The van der Waals surface area contributed by atoms with Crippen LogP contribution >= 0.6 is 0 Å². The van der Waals surface area contributed by atoms with Crippen molar-refractivity contribution in [3.8, 4) is 11.8 Å². The number of hydrogen-bond acceptors (Lipinski definition) is 5. The van der Waals surface area contributed by atoms with Gasteiger partial charge in [0, 0.05) is 35.4 Å². The predicted octanol–water partition coefficient (Wildman–Crippen LogP) is 4.89. The summed E-state index contributed by atoms with van der Waals surface area (Å²) in [6, 6.07) is 7.71. The van der Waals surface area contributed by atoms with E-state index in [-0.39, 0.29) is 11.8 Å². The van der Waals surface area contributed by atoms with Crippen LogP contribution < -0.4 is 4.74 Å². The van der Waals surface area contributed by atoms with Gasteiger partial charge in [0.15, 0.2) is 0 Å². The second-order valence-electron chi connectivity index (χ2n) is 7.40. The molecular weight excluding hydrogens is 368 g/mol. The number of fused-ring (bicyclic) bond motifs is 4. The van der Waals surface area contributed by atoms with E-state index in [4.69, 9.17) is 14.4 Å². The molecule has 0 bridgehead atoms. The maximum absolute atomic E-state index is 13.1. The van der Waals surface area contributed by atoms with Crippen LogP contribution in [0.1, 0.15) is 57.5 Å². The van der Waals surface area contributed by atoms with E-state index >= 15 is 0 Å². The maximum Gasteiger partial charge on any atom is 0.261 e. The zero-order valence-corrected chi connectivity index (χ0v) is 16.8. The monoisotopic (exact) mass is 390 g/mol. The Labute approximate surface area is 168 Å². The fraction of sp³-hybridized carbons (Fsp3) is 0.348. The predicted molar refractivity (Wildman–Crippen MR) is 109 cm³/mol. The first kappa shape index (κ1) is 19.0. The van der Waals surface area contributed by atoms with Gasteiger partial charge in [-0.3, -0.25) is 14.5 Å². The Morgan fingerprint density at radius 3 is 2.48 bits per heavy atom. The largest absolute Gasteiger partial charge is 0.497 e.